The number of benzene rings is 2. The van der Waals surface area contributed by atoms with Gasteiger partial charge in [-0.1, -0.05) is 57.0 Å². The van der Waals surface area contributed by atoms with Crippen LogP contribution in [-0.4, -0.2) is 50.2 Å². The number of ether oxygens (including phenoxy) is 1. The molecule has 6 nitrogen and oxygen atoms in total. The first-order chi connectivity index (χ1) is 16.9. The van der Waals surface area contributed by atoms with Crippen molar-refractivity contribution in [1.82, 2.24) is 10.6 Å². The molecule has 2 aromatic carbocycles. The molecule has 0 aromatic heterocycles. The third-order valence-corrected chi connectivity index (χ3v) is 9.31. The van der Waals surface area contributed by atoms with Gasteiger partial charge in [-0.25, -0.2) is 8.42 Å². The minimum absolute atomic E-state index is 0.0962. The number of unbranched alkanes of at least 4 members (excludes halogenated alkanes) is 1. The van der Waals surface area contributed by atoms with Gasteiger partial charge in [-0.3, -0.25) is 5.32 Å². The van der Waals surface area contributed by atoms with Crippen molar-refractivity contribution in [2.75, 3.05) is 31.7 Å². The van der Waals surface area contributed by atoms with Crippen molar-refractivity contribution in [1.29, 1.82) is 0 Å². The van der Waals surface area contributed by atoms with E-state index in [4.69, 9.17) is 9.29 Å². The van der Waals surface area contributed by atoms with E-state index in [1.54, 1.807) is 7.11 Å². The van der Waals surface area contributed by atoms with E-state index in [-0.39, 0.29) is 11.8 Å². The normalized spacial score (nSPS) is 21.3. The zero-order valence-corrected chi connectivity index (χ0v) is 22.8. The second-order valence-electron chi connectivity index (χ2n) is 9.37. The molecular formula is C27H40N2O4S2. The molecule has 0 aliphatic carbocycles. The van der Waals surface area contributed by atoms with E-state index >= 15 is 0 Å². The van der Waals surface area contributed by atoms with Gasteiger partial charge in [0.05, 0.1) is 23.8 Å². The summed E-state index contributed by atoms with van der Waals surface area (Å²) in [5.41, 5.74) is 2.25. The zero-order valence-electron chi connectivity index (χ0n) is 21.2. The molecule has 2 aromatic rings. The van der Waals surface area contributed by atoms with Crippen molar-refractivity contribution >= 4 is 21.9 Å². The highest BCUT2D eigenvalue weighted by atomic mass is 32.2. The zero-order chi connectivity index (χ0) is 25.3. The van der Waals surface area contributed by atoms with Crippen molar-refractivity contribution in [3.63, 3.8) is 0 Å². The fourth-order valence-electron chi connectivity index (χ4n) is 4.96. The lowest BCUT2D eigenvalue weighted by Crippen LogP contribution is -2.50. The van der Waals surface area contributed by atoms with Crippen LogP contribution in [0.15, 0.2) is 47.4 Å². The molecule has 3 N–H and O–H groups in total. The average molecular weight is 521 g/mol. The van der Waals surface area contributed by atoms with Gasteiger partial charge in [0, 0.05) is 17.8 Å². The number of methoxy groups -OCH3 is 1. The summed E-state index contributed by atoms with van der Waals surface area (Å²) in [4.78, 5) is 0.422. The Morgan fingerprint density at radius 3 is 2.60 bits per heavy atom. The smallest absolute Gasteiger partial charge is 0.180 e. The number of fused-ring (bicyclic) bond motifs is 1. The summed E-state index contributed by atoms with van der Waals surface area (Å²) in [7, 11) is -1.88. The van der Waals surface area contributed by atoms with E-state index in [0.717, 1.165) is 79.7 Å². The molecule has 0 saturated heterocycles. The van der Waals surface area contributed by atoms with Crippen molar-refractivity contribution in [2.24, 2.45) is 0 Å². The maximum absolute atomic E-state index is 13.9. The summed E-state index contributed by atoms with van der Waals surface area (Å²) in [6.07, 6.45) is 5.12. The Morgan fingerprint density at radius 1 is 1.17 bits per heavy atom. The molecule has 0 radical (unpaired) electrons. The predicted octanol–water partition coefficient (Wildman–Crippen LogP) is 5.23. The van der Waals surface area contributed by atoms with Gasteiger partial charge in [0.1, 0.15) is 5.75 Å². The van der Waals surface area contributed by atoms with Gasteiger partial charge < -0.3 is 14.6 Å². The Balaban J connectivity index is 2.05. The van der Waals surface area contributed by atoms with Gasteiger partial charge in [-0.2, -0.15) is 0 Å². The lowest BCUT2D eigenvalue weighted by atomic mass is 9.87. The highest BCUT2D eigenvalue weighted by molar-refractivity contribution is 7.93. The van der Waals surface area contributed by atoms with Crippen molar-refractivity contribution in [3.8, 4) is 5.75 Å². The van der Waals surface area contributed by atoms with Crippen molar-refractivity contribution in [3.05, 3.63) is 59.2 Å². The molecule has 0 unspecified atom stereocenters. The topological polar surface area (TPSA) is 87.7 Å². The van der Waals surface area contributed by atoms with E-state index in [0.29, 0.717) is 17.1 Å². The Hall–Kier alpha value is -1.58. The van der Waals surface area contributed by atoms with Crippen LogP contribution in [0.1, 0.15) is 68.7 Å². The minimum Gasteiger partial charge on any atom is -0.496 e. The number of nitrogens with one attached hydrogen (secondary N) is 2. The third-order valence-electron chi connectivity index (χ3n) is 6.96. The monoisotopic (exact) mass is 520 g/mol. The van der Waals surface area contributed by atoms with Gasteiger partial charge in [0.15, 0.2) is 9.84 Å². The van der Waals surface area contributed by atoms with E-state index in [1.807, 2.05) is 30.3 Å². The van der Waals surface area contributed by atoms with Gasteiger partial charge in [0.25, 0.3) is 0 Å². The van der Waals surface area contributed by atoms with E-state index in [1.165, 1.54) is 0 Å². The highest BCUT2D eigenvalue weighted by Gasteiger charge is 2.42. The SMILES string of the molecule is CCCC[C@]1(CC)CS(=O)(=O)c2cc(CCCNCCSO)c(OC)cc2[C@@H](c2ccccc2)N1. The van der Waals surface area contributed by atoms with E-state index < -0.39 is 15.4 Å². The number of aryl methyl sites for hydroxylation is 1. The summed E-state index contributed by atoms with van der Waals surface area (Å²) < 4.78 is 42.4. The molecular weight excluding hydrogens is 480 g/mol. The molecule has 2 atom stereocenters. The molecule has 0 saturated carbocycles. The molecule has 0 fully saturated rings. The Bertz CT molecular complexity index is 1050. The first-order valence-corrected chi connectivity index (χ1v) is 15.2. The summed E-state index contributed by atoms with van der Waals surface area (Å²) >= 11 is 0.829. The van der Waals surface area contributed by atoms with Crippen LogP contribution in [0.3, 0.4) is 0 Å². The molecule has 1 aliphatic heterocycles. The highest BCUT2D eigenvalue weighted by Crippen LogP contribution is 2.41. The van der Waals surface area contributed by atoms with Crippen LogP contribution < -0.4 is 15.4 Å². The molecule has 35 heavy (non-hydrogen) atoms. The summed E-state index contributed by atoms with van der Waals surface area (Å²) in [6, 6.07) is 13.7. The van der Waals surface area contributed by atoms with Crippen LogP contribution in [0.2, 0.25) is 0 Å². The average Bonchev–Trinajstić information content (AvgIpc) is 2.97. The number of hydrogen-bond acceptors (Lipinski definition) is 7. The number of sulfone groups is 1. The van der Waals surface area contributed by atoms with Gasteiger partial charge in [-0.05, 0) is 73.1 Å². The number of hydrogen-bond donors (Lipinski definition) is 3. The van der Waals surface area contributed by atoms with Crippen molar-refractivity contribution < 1.29 is 17.7 Å². The molecule has 8 heteroatoms. The quantitative estimate of drug-likeness (QED) is 0.246. The molecule has 0 spiro atoms. The predicted molar refractivity (Wildman–Crippen MR) is 145 cm³/mol. The van der Waals surface area contributed by atoms with Crippen LogP contribution in [0.25, 0.3) is 0 Å². The van der Waals surface area contributed by atoms with Crippen LogP contribution in [0.5, 0.6) is 5.75 Å². The van der Waals surface area contributed by atoms with E-state index in [2.05, 4.69) is 36.6 Å². The lowest BCUT2D eigenvalue weighted by Gasteiger charge is -2.36. The van der Waals surface area contributed by atoms with Crippen LogP contribution >= 0.6 is 12.0 Å². The third kappa shape index (κ3) is 7.01. The number of rotatable bonds is 13. The maximum atomic E-state index is 13.9. The fraction of sp³-hybridized carbons (Fsp3) is 0.556. The minimum atomic E-state index is -3.52. The second kappa shape index (κ2) is 13.1. The second-order valence-corrected chi connectivity index (χ2v) is 12.0. The molecule has 0 bridgehead atoms. The molecule has 1 heterocycles. The van der Waals surface area contributed by atoms with Crippen molar-refractivity contribution in [2.45, 2.75) is 68.8 Å². The summed E-state index contributed by atoms with van der Waals surface area (Å²) in [5.74, 6) is 1.47. The van der Waals surface area contributed by atoms with Gasteiger partial charge in [-0.15, -0.1) is 0 Å². The maximum Gasteiger partial charge on any atom is 0.180 e. The van der Waals surface area contributed by atoms with Gasteiger partial charge in [0.2, 0.25) is 0 Å². The fourth-order valence-corrected chi connectivity index (χ4v) is 7.37. The molecule has 194 valence electrons. The molecule has 3 rings (SSSR count). The van der Waals surface area contributed by atoms with Crippen LogP contribution in [0.4, 0.5) is 0 Å². The first-order valence-electron chi connectivity index (χ1n) is 12.6. The lowest BCUT2D eigenvalue weighted by molar-refractivity contribution is 0.294. The largest absolute Gasteiger partial charge is 0.496 e. The molecule has 1 aliphatic rings. The first kappa shape index (κ1) is 28.0. The van der Waals surface area contributed by atoms with Crippen LogP contribution in [0, 0.1) is 0 Å². The summed E-state index contributed by atoms with van der Waals surface area (Å²) in [6.45, 7) is 5.76. The van der Waals surface area contributed by atoms with E-state index in [9.17, 15) is 8.42 Å². The Morgan fingerprint density at radius 2 is 1.94 bits per heavy atom. The Labute approximate surface area is 215 Å². The molecule has 0 amide bonds. The van der Waals surface area contributed by atoms with Crippen LogP contribution in [-0.2, 0) is 16.3 Å². The Kier molecular flexibility index (Phi) is 10.5. The summed E-state index contributed by atoms with van der Waals surface area (Å²) in [5, 5.41) is 7.12. The standard InChI is InChI=1S/C27H40N2O4S2/c1-4-6-14-27(5-2)20-35(31,32)25-18-22(13-10-15-28-16-17-34-30)24(33-3)19-23(25)26(29-27)21-11-8-7-9-12-21/h7-9,11-12,18-19,26,28-30H,4-6,10,13-17,20H2,1-3H3/t26-,27-/m1/s1. The van der Waals surface area contributed by atoms with Gasteiger partial charge >= 0.3 is 0 Å².